The molecule has 0 bridgehead atoms. The van der Waals surface area contributed by atoms with Gasteiger partial charge in [0.2, 0.25) is 10.0 Å². The van der Waals surface area contributed by atoms with Crippen LogP contribution < -0.4 is 4.72 Å². The van der Waals surface area contributed by atoms with E-state index in [-0.39, 0.29) is 0 Å². The number of aryl methyl sites for hydroxylation is 1. The van der Waals surface area contributed by atoms with Crippen molar-refractivity contribution in [2.75, 3.05) is 12.8 Å². The molecule has 0 spiro atoms. The van der Waals surface area contributed by atoms with Gasteiger partial charge in [0.1, 0.15) is 0 Å². The number of rotatable bonds is 5. The first-order valence-corrected chi connectivity index (χ1v) is 6.78. The average molecular weight is 282 g/mol. The molecular formula is C7H12BrN3O2S. The molecule has 0 radical (unpaired) electrons. The molecule has 1 aromatic rings. The number of nitrogens with zero attached hydrogens (tertiary/aromatic N) is 2. The Morgan fingerprint density at radius 2 is 2.36 bits per heavy atom. The molecule has 80 valence electrons. The SMILES string of the molecule is CS(=O)(=O)NCCCn1cc(Br)cn1. The highest BCUT2D eigenvalue weighted by atomic mass is 79.9. The highest BCUT2D eigenvalue weighted by Gasteiger charge is 1.99. The minimum atomic E-state index is -3.06. The Bertz CT molecular complexity index is 387. The first kappa shape index (κ1) is 11.7. The van der Waals surface area contributed by atoms with Crippen LogP contribution >= 0.6 is 15.9 Å². The van der Waals surface area contributed by atoms with Crippen molar-refractivity contribution in [1.82, 2.24) is 14.5 Å². The average Bonchev–Trinajstić information content (AvgIpc) is 2.44. The normalized spacial score (nSPS) is 11.9. The van der Waals surface area contributed by atoms with Gasteiger partial charge in [-0.3, -0.25) is 4.68 Å². The fourth-order valence-corrected chi connectivity index (χ4v) is 1.80. The summed E-state index contributed by atoms with van der Waals surface area (Å²) in [7, 11) is -3.06. The zero-order valence-corrected chi connectivity index (χ0v) is 10.2. The molecule has 0 saturated heterocycles. The van der Waals surface area contributed by atoms with E-state index in [0.29, 0.717) is 13.1 Å². The largest absolute Gasteiger partial charge is 0.272 e. The van der Waals surface area contributed by atoms with Gasteiger partial charge in [-0.15, -0.1) is 0 Å². The second kappa shape index (κ2) is 4.90. The van der Waals surface area contributed by atoms with Gasteiger partial charge in [-0.05, 0) is 22.4 Å². The molecule has 0 aliphatic carbocycles. The lowest BCUT2D eigenvalue weighted by atomic mass is 10.4. The van der Waals surface area contributed by atoms with E-state index in [1.807, 2.05) is 6.20 Å². The van der Waals surface area contributed by atoms with E-state index in [9.17, 15) is 8.42 Å². The van der Waals surface area contributed by atoms with Crippen LogP contribution in [0.15, 0.2) is 16.9 Å². The standard InChI is InChI=1S/C7H12BrN3O2S/c1-14(12,13)10-3-2-4-11-6-7(8)5-9-11/h5-6,10H,2-4H2,1H3. The van der Waals surface area contributed by atoms with Crippen molar-refractivity contribution in [3.05, 3.63) is 16.9 Å². The number of nitrogens with one attached hydrogen (secondary N) is 1. The maximum Gasteiger partial charge on any atom is 0.208 e. The molecule has 0 amide bonds. The Morgan fingerprint density at radius 1 is 1.64 bits per heavy atom. The Kier molecular flexibility index (Phi) is 4.09. The molecule has 1 rings (SSSR count). The van der Waals surface area contributed by atoms with Crippen molar-refractivity contribution in [2.45, 2.75) is 13.0 Å². The van der Waals surface area contributed by atoms with E-state index in [4.69, 9.17) is 0 Å². The Morgan fingerprint density at radius 3 is 2.86 bits per heavy atom. The van der Waals surface area contributed by atoms with E-state index in [1.165, 1.54) is 0 Å². The predicted octanol–water partition coefficient (Wildman–Crippen LogP) is 0.585. The highest BCUT2D eigenvalue weighted by Crippen LogP contribution is 2.06. The summed E-state index contributed by atoms with van der Waals surface area (Å²) in [5.41, 5.74) is 0. The van der Waals surface area contributed by atoms with E-state index in [2.05, 4.69) is 25.8 Å². The summed E-state index contributed by atoms with van der Waals surface area (Å²) in [6.45, 7) is 1.14. The van der Waals surface area contributed by atoms with Crippen molar-refractivity contribution < 1.29 is 8.42 Å². The van der Waals surface area contributed by atoms with Gasteiger partial charge >= 0.3 is 0 Å². The van der Waals surface area contributed by atoms with Crippen molar-refractivity contribution in [2.24, 2.45) is 0 Å². The van der Waals surface area contributed by atoms with Crippen molar-refractivity contribution in [3.8, 4) is 0 Å². The molecule has 1 heterocycles. The maximum atomic E-state index is 10.7. The molecule has 0 unspecified atom stereocenters. The van der Waals surface area contributed by atoms with Crippen LogP contribution in [-0.2, 0) is 16.6 Å². The topological polar surface area (TPSA) is 64.0 Å². The molecule has 0 fully saturated rings. The zero-order chi connectivity index (χ0) is 10.6. The van der Waals surface area contributed by atoms with Crippen LogP contribution in [0.5, 0.6) is 0 Å². The monoisotopic (exact) mass is 281 g/mol. The lowest BCUT2D eigenvalue weighted by molar-refractivity contribution is 0.556. The molecule has 1 aromatic heterocycles. The zero-order valence-electron chi connectivity index (χ0n) is 7.77. The molecule has 0 saturated carbocycles. The fraction of sp³-hybridized carbons (Fsp3) is 0.571. The molecule has 0 aliphatic rings. The molecule has 5 nitrogen and oxygen atoms in total. The van der Waals surface area contributed by atoms with Gasteiger partial charge < -0.3 is 0 Å². The third-order valence-corrected chi connectivity index (χ3v) is 2.67. The molecule has 14 heavy (non-hydrogen) atoms. The van der Waals surface area contributed by atoms with Crippen molar-refractivity contribution >= 4 is 26.0 Å². The van der Waals surface area contributed by atoms with Crippen LogP contribution in [0.3, 0.4) is 0 Å². The first-order chi connectivity index (χ1) is 6.47. The summed E-state index contributed by atoms with van der Waals surface area (Å²) in [6.07, 6.45) is 5.42. The Hall–Kier alpha value is -0.400. The van der Waals surface area contributed by atoms with Crippen LogP contribution in [0.1, 0.15) is 6.42 Å². The summed E-state index contributed by atoms with van der Waals surface area (Å²) in [4.78, 5) is 0. The van der Waals surface area contributed by atoms with Crippen LogP contribution in [-0.4, -0.2) is 31.0 Å². The van der Waals surface area contributed by atoms with Gasteiger partial charge in [0, 0.05) is 19.3 Å². The van der Waals surface area contributed by atoms with E-state index in [0.717, 1.165) is 17.1 Å². The van der Waals surface area contributed by atoms with Crippen LogP contribution in [0.25, 0.3) is 0 Å². The first-order valence-electron chi connectivity index (χ1n) is 4.10. The van der Waals surface area contributed by atoms with E-state index < -0.39 is 10.0 Å². The Balaban J connectivity index is 2.23. The molecule has 0 aromatic carbocycles. The summed E-state index contributed by atoms with van der Waals surface area (Å²) >= 11 is 3.28. The van der Waals surface area contributed by atoms with Gasteiger partial charge in [0.25, 0.3) is 0 Å². The number of sulfonamides is 1. The molecule has 0 aliphatic heterocycles. The van der Waals surface area contributed by atoms with Crippen LogP contribution in [0.4, 0.5) is 0 Å². The van der Waals surface area contributed by atoms with E-state index >= 15 is 0 Å². The predicted molar refractivity (Wildman–Crippen MR) is 57.4 cm³/mol. The second-order valence-corrected chi connectivity index (χ2v) is 5.69. The Labute approximate surface area is 91.7 Å². The fourth-order valence-electron chi connectivity index (χ4n) is 0.959. The van der Waals surface area contributed by atoms with Crippen LogP contribution in [0.2, 0.25) is 0 Å². The quantitative estimate of drug-likeness (QED) is 0.804. The summed E-state index contributed by atoms with van der Waals surface area (Å²) < 4.78 is 26.5. The minimum Gasteiger partial charge on any atom is -0.272 e. The van der Waals surface area contributed by atoms with Gasteiger partial charge in [-0.2, -0.15) is 5.10 Å². The van der Waals surface area contributed by atoms with E-state index in [1.54, 1.807) is 10.9 Å². The minimum absolute atomic E-state index is 0.441. The summed E-state index contributed by atoms with van der Waals surface area (Å²) in [6, 6.07) is 0. The molecule has 0 atom stereocenters. The third-order valence-electron chi connectivity index (χ3n) is 1.53. The molecule has 7 heteroatoms. The maximum absolute atomic E-state index is 10.7. The number of hydrogen-bond acceptors (Lipinski definition) is 3. The van der Waals surface area contributed by atoms with Gasteiger partial charge in [-0.1, -0.05) is 0 Å². The van der Waals surface area contributed by atoms with Gasteiger partial charge in [0.05, 0.1) is 16.9 Å². The number of hydrogen-bond donors (Lipinski definition) is 1. The van der Waals surface area contributed by atoms with Gasteiger partial charge in [-0.25, -0.2) is 13.1 Å². The van der Waals surface area contributed by atoms with Crippen molar-refractivity contribution in [3.63, 3.8) is 0 Å². The highest BCUT2D eigenvalue weighted by molar-refractivity contribution is 9.10. The van der Waals surface area contributed by atoms with Crippen molar-refractivity contribution in [1.29, 1.82) is 0 Å². The second-order valence-electron chi connectivity index (χ2n) is 2.94. The lowest BCUT2D eigenvalue weighted by Crippen LogP contribution is -2.23. The lowest BCUT2D eigenvalue weighted by Gasteiger charge is -2.02. The number of halogens is 1. The summed E-state index contributed by atoms with van der Waals surface area (Å²) in [5.74, 6) is 0. The van der Waals surface area contributed by atoms with Crippen LogP contribution in [0, 0.1) is 0 Å². The molecular weight excluding hydrogens is 270 g/mol. The van der Waals surface area contributed by atoms with Gasteiger partial charge in [0.15, 0.2) is 0 Å². The number of aromatic nitrogens is 2. The third kappa shape index (κ3) is 4.73. The summed E-state index contributed by atoms with van der Waals surface area (Å²) in [5, 5.41) is 4.04. The smallest absolute Gasteiger partial charge is 0.208 e. The molecule has 1 N–H and O–H groups in total.